The van der Waals surface area contributed by atoms with Gasteiger partial charge in [0, 0.05) is 21.9 Å². The predicted octanol–water partition coefficient (Wildman–Crippen LogP) is 3.98. The van der Waals surface area contributed by atoms with E-state index in [1.54, 1.807) is 18.5 Å². The van der Waals surface area contributed by atoms with Crippen LogP contribution in [0.1, 0.15) is 11.1 Å². The maximum atomic E-state index is 11.4. The number of hydrogen-bond acceptors (Lipinski definition) is 2. The summed E-state index contributed by atoms with van der Waals surface area (Å²) in [6.07, 6.45) is 4.19. The van der Waals surface area contributed by atoms with E-state index >= 15 is 0 Å². The van der Waals surface area contributed by atoms with Crippen molar-refractivity contribution in [3.8, 4) is 0 Å². The van der Waals surface area contributed by atoms with Crippen molar-refractivity contribution >= 4 is 33.5 Å². The van der Waals surface area contributed by atoms with Crippen LogP contribution in [-0.2, 0) is 17.6 Å². The van der Waals surface area contributed by atoms with Crippen LogP contribution in [0.4, 0.5) is 0 Å². The SMILES string of the molecule is O=C(O)C(Cc1cncc(Br)c1)Cc1ccccc1Cl. The fourth-order valence-corrected chi connectivity index (χ4v) is 2.65. The maximum Gasteiger partial charge on any atom is 0.307 e. The van der Waals surface area contributed by atoms with Crippen molar-refractivity contribution in [1.82, 2.24) is 4.98 Å². The zero-order valence-electron chi connectivity index (χ0n) is 10.6. The Kier molecular flexibility index (Phi) is 5.15. The maximum absolute atomic E-state index is 11.4. The lowest BCUT2D eigenvalue weighted by molar-refractivity contribution is -0.141. The number of halogens is 2. The van der Waals surface area contributed by atoms with E-state index in [4.69, 9.17) is 11.6 Å². The topological polar surface area (TPSA) is 50.2 Å². The van der Waals surface area contributed by atoms with Crippen molar-refractivity contribution in [3.63, 3.8) is 0 Å². The Balaban J connectivity index is 2.16. The molecular formula is C15H13BrClNO2. The zero-order valence-corrected chi connectivity index (χ0v) is 12.9. The lowest BCUT2D eigenvalue weighted by atomic mass is 9.93. The van der Waals surface area contributed by atoms with E-state index in [1.165, 1.54) is 0 Å². The van der Waals surface area contributed by atoms with Gasteiger partial charge < -0.3 is 5.11 Å². The third-order valence-electron chi connectivity index (χ3n) is 3.02. The van der Waals surface area contributed by atoms with Crippen LogP contribution in [0.15, 0.2) is 47.2 Å². The first-order chi connectivity index (χ1) is 9.56. The number of benzene rings is 1. The summed E-state index contributed by atoms with van der Waals surface area (Å²) >= 11 is 9.42. The van der Waals surface area contributed by atoms with E-state index in [0.29, 0.717) is 17.9 Å². The van der Waals surface area contributed by atoms with Gasteiger partial charge in [-0.2, -0.15) is 0 Å². The molecule has 1 unspecified atom stereocenters. The Hall–Kier alpha value is -1.39. The first-order valence-corrected chi connectivity index (χ1v) is 7.29. The smallest absolute Gasteiger partial charge is 0.307 e. The average Bonchev–Trinajstić information content (AvgIpc) is 2.40. The monoisotopic (exact) mass is 353 g/mol. The molecule has 0 radical (unpaired) electrons. The molecular weight excluding hydrogens is 342 g/mol. The highest BCUT2D eigenvalue weighted by molar-refractivity contribution is 9.10. The highest BCUT2D eigenvalue weighted by Gasteiger charge is 2.20. The van der Waals surface area contributed by atoms with Crippen molar-refractivity contribution in [2.24, 2.45) is 5.92 Å². The summed E-state index contributed by atoms with van der Waals surface area (Å²) in [5.41, 5.74) is 1.74. The van der Waals surface area contributed by atoms with E-state index in [2.05, 4.69) is 20.9 Å². The molecule has 0 aliphatic heterocycles. The molecule has 2 rings (SSSR count). The van der Waals surface area contributed by atoms with Crippen LogP contribution in [0.3, 0.4) is 0 Å². The van der Waals surface area contributed by atoms with Gasteiger partial charge in [-0.15, -0.1) is 0 Å². The second kappa shape index (κ2) is 6.86. The predicted molar refractivity (Wildman–Crippen MR) is 81.9 cm³/mol. The Morgan fingerprint density at radius 3 is 2.70 bits per heavy atom. The number of carboxylic acid groups (broad SMARTS) is 1. The van der Waals surface area contributed by atoms with Gasteiger partial charge >= 0.3 is 5.97 Å². The van der Waals surface area contributed by atoms with Gasteiger partial charge in [-0.25, -0.2) is 0 Å². The fourth-order valence-electron chi connectivity index (χ4n) is 2.03. The van der Waals surface area contributed by atoms with Crippen molar-refractivity contribution < 1.29 is 9.90 Å². The second-order valence-corrected chi connectivity index (χ2v) is 5.87. The molecule has 0 spiro atoms. The van der Waals surface area contributed by atoms with Gasteiger partial charge in [0.05, 0.1) is 5.92 Å². The van der Waals surface area contributed by atoms with Gasteiger partial charge in [0.1, 0.15) is 0 Å². The molecule has 1 aromatic carbocycles. The van der Waals surface area contributed by atoms with Crippen molar-refractivity contribution in [3.05, 3.63) is 63.3 Å². The van der Waals surface area contributed by atoms with Crippen LogP contribution < -0.4 is 0 Å². The zero-order chi connectivity index (χ0) is 14.5. The lowest BCUT2D eigenvalue weighted by Crippen LogP contribution is -2.19. The highest BCUT2D eigenvalue weighted by Crippen LogP contribution is 2.22. The third kappa shape index (κ3) is 4.05. The first kappa shape index (κ1) is 15.0. The molecule has 1 atom stereocenters. The van der Waals surface area contributed by atoms with Crippen molar-refractivity contribution in [2.45, 2.75) is 12.8 Å². The molecule has 5 heteroatoms. The minimum Gasteiger partial charge on any atom is -0.481 e. The molecule has 0 aliphatic rings. The number of carbonyl (C=O) groups is 1. The van der Waals surface area contributed by atoms with Crippen LogP contribution >= 0.6 is 27.5 Å². The van der Waals surface area contributed by atoms with Gasteiger partial charge in [0.15, 0.2) is 0 Å². The molecule has 0 saturated heterocycles. The van der Waals surface area contributed by atoms with E-state index in [0.717, 1.165) is 15.6 Å². The van der Waals surface area contributed by atoms with E-state index in [1.807, 2.05) is 24.3 Å². The quantitative estimate of drug-likeness (QED) is 0.883. The van der Waals surface area contributed by atoms with Crippen LogP contribution in [0, 0.1) is 5.92 Å². The Bertz CT molecular complexity index is 618. The molecule has 1 aromatic heterocycles. The number of aromatic nitrogens is 1. The molecule has 2 aromatic rings. The number of pyridine rings is 1. The number of aliphatic carboxylic acids is 1. The molecule has 1 heterocycles. The molecule has 0 amide bonds. The Morgan fingerprint density at radius 2 is 2.05 bits per heavy atom. The molecule has 20 heavy (non-hydrogen) atoms. The van der Waals surface area contributed by atoms with E-state index in [-0.39, 0.29) is 0 Å². The van der Waals surface area contributed by atoms with E-state index in [9.17, 15) is 9.90 Å². The fraction of sp³-hybridized carbons (Fsp3) is 0.200. The van der Waals surface area contributed by atoms with Gasteiger partial charge in [-0.1, -0.05) is 29.8 Å². The number of rotatable bonds is 5. The summed E-state index contributed by atoms with van der Waals surface area (Å²) in [7, 11) is 0. The first-order valence-electron chi connectivity index (χ1n) is 6.12. The largest absolute Gasteiger partial charge is 0.481 e. The molecule has 3 nitrogen and oxygen atoms in total. The van der Waals surface area contributed by atoms with Gasteiger partial charge in [-0.3, -0.25) is 9.78 Å². The van der Waals surface area contributed by atoms with Crippen LogP contribution in [0.2, 0.25) is 5.02 Å². The third-order valence-corrected chi connectivity index (χ3v) is 3.82. The summed E-state index contributed by atoms with van der Waals surface area (Å²) < 4.78 is 0.844. The van der Waals surface area contributed by atoms with Crippen molar-refractivity contribution in [2.75, 3.05) is 0 Å². The summed E-state index contributed by atoms with van der Waals surface area (Å²) in [5.74, 6) is -1.35. The van der Waals surface area contributed by atoms with Gasteiger partial charge in [0.2, 0.25) is 0 Å². The molecule has 0 saturated carbocycles. The number of carboxylic acids is 1. The van der Waals surface area contributed by atoms with Gasteiger partial charge in [0.25, 0.3) is 0 Å². The highest BCUT2D eigenvalue weighted by atomic mass is 79.9. The standard InChI is InChI=1S/C15H13BrClNO2/c16-13-6-10(8-18-9-13)5-12(15(19)20)7-11-3-1-2-4-14(11)17/h1-4,6,8-9,12H,5,7H2,(H,19,20). The molecule has 0 aliphatic carbocycles. The normalized spacial score (nSPS) is 12.1. The minimum atomic E-state index is -0.829. The van der Waals surface area contributed by atoms with Crippen molar-refractivity contribution in [1.29, 1.82) is 0 Å². The molecule has 0 fully saturated rings. The number of hydrogen-bond donors (Lipinski definition) is 1. The molecule has 104 valence electrons. The van der Waals surface area contributed by atoms with E-state index < -0.39 is 11.9 Å². The summed E-state index contributed by atoms with van der Waals surface area (Å²) in [6.45, 7) is 0. The van der Waals surface area contributed by atoms with Crippen LogP contribution in [0.5, 0.6) is 0 Å². The minimum absolute atomic E-state index is 0.404. The second-order valence-electron chi connectivity index (χ2n) is 4.55. The molecule has 1 N–H and O–H groups in total. The summed E-state index contributed by atoms with van der Waals surface area (Å²) in [5, 5.41) is 9.98. The lowest BCUT2D eigenvalue weighted by Gasteiger charge is -2.13. The van der Waals surface area contributed by atoms with Gasteiger partial charge in [-0.05, 0) is 52.0 Å². The van der Waals surface area contributed by atoms with Crippen LogP contribution in [0.25, 0.3) is 0 Å². The average molecular weight is 355 g/mol. The molecule has 0 bridgehead atoms. The number of nitrogens with zero attached hydrogens (tertiary/aromatic N) is 1. The Morgan fingerprint density at radius 1 is 1.30 bits per heavy atom. The Labute approximate surface area is 130 Å². The summed E-state index contributed by atoms with van der Waals surface area (Å²) in [6, 6.07) is 9.21. The van der Waals surface area contributed by atoms with Crippen LogP contribution in [-0.4, -0.2) is 16.1 Å². The summed E-state index contributed by atoms with van der Waals surface area (Å²) in [4.78, 5) is 15.5.